The number of nitrogens with one attached hydrogen (secondary N) is 1. The molecule has 1 fully saturated rings. The van der Waals surface area contributed by atoms with Gasteiger partial charge >= 0.3 is 0 Å². The first-order valence-electron chi connectivity index (χ1n) is 7.25. The van der Waals surface area contributed by atoms with E-state index in [2.05, 4.69) is 24.1 Å². The molecule has 1 saturated heterocycles. The van der Waals surface area contributed by atoms with Gasteiger partial charge in [-0.2, -0.15) is 0 Å². The molecule has 1 N–H and O–H groups in total. The first-order chi connectivity index (χ1) is 8.31. The van der Waals surface area contributed by atoms with Crippen molar-refractivity contribution < 1.29 is 4.74 Å². The summed E-state index contributed by atoms with van der Waals surface area (Å²) >= 11 is 0. The van der Waals surface area contributed by atoms with Crippen molar-refractivity contribution in [1.29, 1.82) is 0 Å². The van der Waals surface area contributed by atoms with Gasteiger partial charge in [-0.3, -0.25) is 0 Å². The van der Waals surface area contributed by atoms with Crippen molar-refractivity contribution in [3.8, 4) is 0 Å². The zero-order chi connectivity index (χ0) is 12.5. The molecular formula is C14H30N2O. The van der Waals surface area contributed by atoms with Crippen LogP contribution in [0.15, 0.2) is 0 Å². The van der Waals surface area contributed by atoms with E-state index in [1.807, 2.05) is 0 Å². The maximum Gasteiger partial charge on any atom is 0.0587 e. The lowest BCUT2D eigenvalue weighted by Gasteiger charge is -2.37. The van der Waals surface area contributed by atoms with Crippen molar-refractivity contribution in [3.63, 3.8) is 0 Å². The van der Waals surface area contributed by atoms with E-state index in [0.717, 1.165) is 31.7 Å². The zero-order valence-corrected chi connectivity index (χ0v) is 11.9. The Morgan fingerprint density at radius 2 is 2.12 bits per heavy atom. The van der Waals surface area contributed by atoms with Gasteiger partial charge in [-0.05, 0) is 44.7 Å². The molecule has 102 valence electrons. The molecule has 3 nitrogen and oxygen atoms in total. The molecule has 1 unspecified atom stereocenters. The summed E-state index contributed by atoms with van der Waals surface area (Å²) in [7, 11) is 1.76. The minimum Gasteiger partial charge on any atom is -0.383 e. The minimum absolute atomic E-state index is 0.803. The Bertz CT molecular complexity index is 183. The van der Waals surface area contributed by atoms with Gasteiger partial charge in [-0.25, -0.2) is 0 Å². The molecule has 0 spiro atoms. The first-order valence-corrected chi connectivity index (χ1v) is 7.25. The average Bonchev–Trinajstić information content (AvgIpc) is 2.37. The van der Waals surface area contributed by atoms with Crippen molar-refractivity contribution in [1.82, 2.24) is 10.2 Å². The molecule has 0 aromatic carbocycles. The number of ether oxygens (including phenoxy) is 1. The minimum atomic E-state index is 0.803. The molecule has 1 atom stereocenters. The van der Waals surface area contributed by atoms with Crippen LogP contribution < -0.4 is 5.32 Å². The summed E-state index contributed by atoms with van der Waals surface area (Å²) in [5.74, 6) is 0.834. The van der Waals surface area contributed by atoms with Crippen molar-refractivity contribution >= 4 is 0 Å². The molecule has 0 aromatic rings. The molecule has 1 aliphatic heterocycles. The lowest BCUT2D eigenvalue weighted by Crippen LogP contribution is -2.44. The number of likely N-dealkylation sites (tertiary alicyclic amines) is 1. The van der Waals surface area contributed by atoms with Gasteiger partial charge in [-0.15, -0.1) is 0 Å². The Labute approximate surface area is 107 Å². The monoisotopic (exact) mass is 242 g/mol. The lowest BCUT2D eigenvalue weighted by molar-refractivity contribution is 0.114. The third-order valence-electron chi connectivity index (χ3n) is 3.93. The highest BCUT2D eigenvalue weighted by Gasteiger charge is 2.23. The van der Waals surface area contributed by atoms with E-state index < -0.39 is 0 Å². The van der Waals surface area contributed by atoms with Crippen molar-refractivity contribution in [2.45, 2.75) is 45.6 Å². The highest BCUT2D eigenvalue weighted by molar-refractivity contribution is 4.79. The SMILES string of the molecule is CCC(CC)N1CCCC(CNCCOC)C1. The van der Waals surface area contributed by atoms with Crippen LogP contribution in [0.25, 0.3) is 0 Å². The summed E-state index contributed by atoms with van der Waals surface area (Å²) in [6.07, 6.45) is 5.34. The van der Waals surface area contributed by atoms with E-state index in [1.165, 1.54) is 38.8 Å². The summed E-state index contributed by atoms with van der Waals surface area (Å²) in [5.41, 5.74) is 0. The highest BCUT2D eigenvalue weighted by Crippen LogP contribution is 2.20. The smallest absolute Gasteiger partial charge is 0.0587 e. The molecular weight excluding hydrogens is 212 g/mol. The lowest BCUT2D eigenvalue weighted by atomic mass is 9.95. The van der Waals surface area contributed by atoms with Crippen molar-refractivity contribution in [2.24, 2.45) is 5.92 Å². The second kappa shape index (κ2) is 8.90. The number of nitrogens with zero attached hydrogens (tertiary/aromatic N) is 1. The largest absolute Gasteiger partial charge is 0.383 e. The fourth-order valence-electron chi connectivity index (χ4n) is 2.88. The van der Waals surface area contributed by atoms with Crippen LogP contribution in [0.4, 0.5) is 0 Å². The quantitative estimate of drug-likeness (QED) is 0.660. The molecule has 0 saturated carbocycles. The Morgan fingerprint density at radius 1 is 1.35 bits per heavy atom. The Balaban J connectivity index is 2.23. The van der Waals surface area contributed by atoms with Crippen LogP contribution in [-0.2, 0) is 4.74 Å². The Morgan fingerprint density at radius 3 is 2.76 bits per heavy atom. The highest BCUT2D eigenvalue weighted by atomic mass is 16.5. The summed E-state index contributed by atoms with van der Waals surface area (Å²) in [6, 6.07) is 0.803. The third kappa shape index (κ3) is 5.36. The van der Waals surface area contributed by atoms with Crippen LogP contribution in [0, 0.1) is 5.92 Å². The Kier molecular flexibility index (Phi) is 7.82. The van der Waals surface area contributed by atoms with Crippen molar-refractivity contribution in [3.05, 3.63) is 0 Å². The summed E-state index contributed by atoms with van der Waals surface area (Å²) in [5, 5.41) is 3.50. The maximum atomic E-state index is 5.05. The van der Waals surface area contributed by atoms with E-state index in [1.54, 1.807) is 7.11 Å². The van der Waals surface area contributed by atoms with Gasteiger partial charge < -0.3 is 15.0 Å². The number of piperidine rings is 1. The van der Waals surface area contributed by atoms with E-state index in [-0.39, 0.29) is 0 Å². The third-order valence-corrected chi connectivity index (χ3v) is 3.93. The molecule has 0 amide bonds. The standard InChI is InChI=1S/C14H30N2O/c1-4-14(5-2)16-9-6-7-13(12-16)11-15-8-10-17-3/h13-15H,4-12H2,1-3H3. The van der Waals surface area contributed by atoms with Crippen LogP contribution in [-0.4, -0.2) is 50.8 Å². The molecule has 0 radical (unpaired) electrons. The predicted octanol–water partition coefficient (Wildman–Crippen LogP) is 2.12. The number of methoxy groups -OCH3 is 1. The molecule has 1 rings (SSSR count). The zero-order valence-electron chi connectivity index (χ0n) is 11.9. The Hall–Kier alpha value is -0.120. The van der Waals surface area contributed by atoms with Gasteiger partial charge in [0.2, 0.25) is 0 Å². The van der Waals surface area contributed by atoms with Crippen LogP contribution in [0.5, 0.6) is 0 Å². The van der Waals surface area contributed by atoms with Gasteiger partial charge in [0.15, 0.2) is 0 Å². The molecule has 3 heteroatoms. The van der Waals surface area contributed by atoms with Crippen molar-refractivity contribution in [2.75, 3.05) is 39.9 Å². The van der Waals surface area contributed by atoms with Gasteiger partial charge in [0.1, 0.15) is 0 Å². The average molecular weight is 242 g/mol. The molecule has 1 aliphatic rings. The van der Waals surface area contributed by atoms with E-state index >= 15 is 0 Å². The summed E-state index contributed by atoms with van der Waals surface area (Å²) in [4.78, 5) is 2.70. The summed E-state index contributed by atoms with van der Waals surface area (Å²) < 4.78 is 5.05. The van der Waals surface area contributed by atoms with Crippen LogP contribution in [0.1, 0.15) is 39.5 Å². The fourth-order valence-corrected chi connectivity index (χ4v) is 2.88. The van der Waals surface area contributed by atoms with Crippen LogP contribution in [0.2, 0.25) is 0 Å². The summed E-state index contributed by atoms with van der Waals surface area (Å²) in [6.45, 7) is 10.2. The fraction of sp³-hybridized carbons (Fsp3) is 1.00. The number of hydrogen-bond acceptors (Lipinski definition) is 3. The molecule has 17 heavy (non-hydrogen) atoms. The van der Waals surface area contributed by atoms with Crippen LogP contribution in [0.3, 0.4) is 0 Å². The van der Waals surface area contributed by atoms with Gasteiger partial charge in [0, 0.05) is 26.2 Å². The van der Waals surface area contributed by atoms with Gasteiger partial charge in [0.25, 0.3) is 0 Å². The normalized spacial score (nSPS) is 22.2. The van der Waals surface area contributed by atoms with E-state index in [9.17, 15) is 0 Å². The first kappa shape index (κ1) is 14.9. The molecule has 0 aliphatic carbocycles. The maximum absolute atomic E-state index is 5.05. The topological polar surface area (TPSA) is 24.5 Å². The molecule has 1 heterocycles. The van der Waals surface area contributed by atoms with Crippen LogP contribution >= 0.6 is 0 Å². The van der Waals surface area contributed by atoms with Gasteiger partial charge in [0.05, 0.1) is 6.61 Å². The molecule has 0 bridgehead atoms. The number of hydrogen-bond donors (Lipinski definition) is 1. The second-order valence-electron chi connectivity index (χ2n) is 5.17. The van der Waals surface area contributed by atoms with Gasteiger partial charge in [-0.1, -0.05) is 13.8 Å². The molecule has 0 aromatic heterocycles. The van der Waals surface area contributed by atoms with E-state index in [0.29, 0.717) is 0 Å². The predicted molar refractivity (Wildman–Crippen MR) is 73.4 cm³/mol. The number of rotatable bonds is 8. The van der Waals surface area contributed by atoms with E-state index in [4.69, 9.17) is 4.74 Å². The second-order valence-corrected chi connectivity index (χ2v) is 5.17.